The molecule has 0 aromatic carbocycles. The molecule has 2 N–H and O–H groups in total. The molecule has 0 bridgehead atoms. The van der Waals surface area contributed by atoms with Crippen LogP contribution < -0.4 is 10.9 Å². The molecular weight excluding hydrogens is 386 g/mol. The molecule has 10 nitrogen and oxygen atoms in total. The number of hydrogen-bond acceptors (Lipinski definition) is 6. The van der Waals surface area contributed by atoms with Crippen LogP contribution in [0.3, 0.4) is 0 Å². The molecule has 10 heteroatoms. The van der Waals surface area contributed by atoms with Gasteiger partial charge < -0.3 is 10.1 Å². The number of aromatic amines is 1. The number of dihydropyridines is 1. The fourth-order valence-electron chi connectivity index (χ4n) is 3.64. The molecule has 0 radical (unpaired) electrons. The lowest BCUT2D eigenvalue weighted by Gasteiger charge is -2.25. The lowest BCUT2D eigenvalue weighted by molar-refractivity contribution is -0.124. The van der Waals surface area contributed by atoms with E-state index in [9.17, 15) is 9.59 Å². The molecule has 2 aliphatic heterocycles. The molecule has 2 aliphatic rings. The number of carbonyl (C=O) groups is 1. The summed E-state index contributed by atoms with van der Waals surface area (Å²) >= 11 is 0. The quantitative estimate of drug-likeness (QED) is 0.764. The standard InChI is InChI=1S/C20H23N7O3/c1-13-16(19(28)22-9-14-4-6-30-7-5-14)2-3-18(25-13)27-20(29)17(11-24-27)26-12-15(8-21)10-23-26/h2-3,10-14,16,24H,4-7,9H2,1H3,(H,22,28). The summed E-state index contributed by atoms with van der Waals surface area (Å²) in [6.07, 6.45) is 9.75. The smallest absolute Gasteiger partial charge is 0.298 e. The highest BCUT2D eigenvalue weighted by molar-refractivity contribution is 5.97. The molecule has 4 rings (SSSR count). The minimum absolute atomic E-state index is 0.0619. The highest BCUT2D eigenvalue weighted by Gasteiger charge is 2.27. The summed E-state index contributed by atoms with van der Waals surface area (Å²) in [4.78, 5) is 29.9. The third kappa shape index (κ3) is 3.97. The zero-order valence-corrected chi connectivity index (χ0v) is 16.6. The third-order valence-electron chi connectivity index (χ3n) is 5.46. The maximum Gasteiger partial charge on any atom is 0.298 e. The summed E-state index contributed by atoms with van der Waals surface area (Å²) in [5.41, 5.74) is 0.289. The number of aromatic nitrogens is 4. The number of nitrogens with zero attached hydrogens (tertiary/aromatic N) is 5. The summed E-state index contributed by atoms with van der Waals surface area (Å²) in [6.45, 7) is 3.99. The highest BCUT2D eigenvalue weighted by Crippen LogP contribution is 2.17. The van der Waals surface area contributed by atoms with E-state index in [0.717, 1.165) is 26.1 Å². The van der Waals surface area contributed by atoms with Crippen molar-refractivity contribution in [2.75, 3.05) is 19.8 Å². The van der Waals surface area contributed by atoms with Gasteiger partial charge in [0, 0.05) is 26.0 Å². The van der Waals surface area contributed by atoms with Gasteiger partial charge in [-0.1, -0.05) is 6.08 Å². The van der Waals surface area contributed by atoms with Crippen molar-refractivity contribution in [3.05, 3.63) is 46.7 Å². The van der Waals surface area contributed by atoms with Crippen molar-refractivity contribution in [2.45, 2.75) is 25.8 Å². The van der Waals surface area contributed by atoms with Crippen LogP contribution in [0.1, 0.15) is 25.3 Å². The van der Waals surface area contributed by atoms with Crippen molar-refractivity contribution < 1.29 is 9.53 Å². The van der Waals surface area contributed by atoms with Crippen molar-refractivity contribution in [1.82, 2.24) is 24.9 Å². The second-order valence-electron chi connectivity index (χ2n) is 7.50. The number of carbonyl (C=O) groups excluding carboxylic acids is 1. The molecule has 1 saturated heterocycles. The average molecular weight is 409 g/mol. The fourth-order valence-corrected chi connectivity index (χ4v) is 3.64. The Morgan fingerprint density at radius 2 is 2.23 bits per heavy atom. The van der Waals surface area contributed by atoms with Gasteiger partial charge in [0.1, 0.15) is 11.8 Å². The Kier molecular flexibility index (Phi) is 5.63. The van der Waals surface area contributed by atoms with E-state index >= 15 is 0 Å². The van der Waals surface area contributed by atoms with Crippen LogP contribution in [-0.4, -0.2) is 57.1 Å². The van der Waals surface area contributed by atoms with Crippen LogP contribution in [0.4, 0.5) is 0 Å². The molecule has 30 heavy (non-hydrogen) atoms. The van der Waals surface area contributed by atoms with Gasteiger partial charge in [-0.3, -0.25) is 19.7 Å². The van der Waals surface area contributed by atoms with Crippen molar-refractivity contribution >= 4 is 11.7 Å². The molecule has 2 aromatic rings. The molecule has 1 fully saturated rings. The van der Waals surface area contributed by atoms with Crippen LogP contribution in [0.25, 0.3) is 5.69 Å². The molecule has 156 valence electrons. The Balaban J connectivity index is 1.44. The summed E-state index contributed by atoms with van der Waals surface area (Å²) < 4.78 is 7.99. The largest absolute Gasteiger partial charge is 0.381 e. The van der Waals surface area contributed by atoms with Crippen molar-refractivity contribution in [2.24, 2.45) is 16.8 Å². The summed E-state index contributed by atoms with van der Waals surface area (Å²) in [6, 6.07) is 1.67. The lowest BCUT2D eigenvalue weighted by atomic mass is 9.96. The number of amides is 1. The van der Waals surface area contributed by atoms with Gasteiger partial charge in [-0.2, -0.15) is 10.4 Å². The second kappa shape index (κ2) is 8.51. The van der Waals surface area contributed by atoms with E-state index in [1.165, 1.54) is 28.0 Å². The SMILES string of the molecule is CC1N=C(n2[nH]cc(-n3cc(C#N)cn3)c2=O)C=CC1C(=O)NCC1CCOCC1. The van der Waals surface area contributed by atoms with Gasteiger partial charge in [-0.25, -0.2) is 9.36 Å². The molecule has 4 heterocycles. The van der Waals surface area contributed by atoms with Crippen LogP contribution >= 0.6 is 0 Å². The first kappa shape index (κ1) is 19.8. The number of allylic oxidation sites excluding steroid dienone is 1. The predicted molar refractivity (Wildman–Crippen MR) is 108 cm³/mol. The van der Waals surface area contributed by atoms with Gasteiger partial charge in [0.05, 0.1) is 29.9 Å². The zero-order chi connectivity index (χ0) is 21.1. The number of nitrogens with one attached hydrogen (secondary N) is 2. The zero-order valence-electron chi connectivity index (χ0n) is 16.6. The summed E-state index contributed by atoms with van der Waals surface area (Å²) in [7, 11) is 0. The maximum absolute atomic E-state index is 12.7. The second-order valence-corrected chi connectivity index (χ2v) is 7.50. The van der Waals surface area contributed by atoms with Crippen LogP contribution in [-0.2, 0) is 9.53 Å². The van der Waals surface area contributed by atoms with Gasteiger partial charge in [0.25, 0.3) is 5.56 Å². The van der Waals surface area contributed by atoms with E-state index in [4.69, 9.17) is 10.00 Å². The molecule has 2 atom stereocenters. The Morgan fingerprint density at radius 1 is 1.43 bits per heavy atom. The highest BCUT2D eigenvalue weighted by atomic mass is 16.5. The van der Waals surface area contributed by atoms with Crippen LogP contribution in [0.2, 0.25) is 0 Å². The van der Waals surface area contributed by atoms with Gasteiger partial charge in [-0.15, -0.1) is 0 Å². The predicted octanol–water partition coefficient (Wildman–Crippen LogP) is 0.598. The normalized spacial score (nSPS) is 21.8. The van der Waals surface area contributed by atoms with E-state index in [1.54, 1.807) is 12.2 Å². The van der Waals surface area contributed by atoms with E-state index in [0.29, 0.717) is 23.9 Å². The Hall–Kier alpha value is -3.45. The molecule has 0 spiro atoms. The van der Waals surface area contributed by atoms with Gasteiger partial charge >= 0.3 is 0 Å². The molecular formula is C20H23N7O3. The van der Waals surface area contributed by atoms with Crippen LogP contribution in [0, 0.1) is 23.2 Å². The van der Waals surface area contributed by atoms with E-state index in [2.05, 4.69) is 20.5 Å². The van der Waals surface area contributed by atoms with Crippen molar-refractivity contribution in [3.63, 3.8) is 0 Å². The fraction of sp³-hybridized carbons (Fsp3) is 0.450. The Labute approximate surface area is 172 Å². The molecule has 2 aromatic heterocycles. The molecule has 0 aliphatic carbocycles. The van der Waals surface area contributed by atoms with Gasteiger partial charge in [0.15, 0.2) is 5.84 Å². The Bertz CT molecular complexity index is 1080. The van der Waals surface area contributed by atoms with Crippen LogP contribution in [0.5, 0.6) is 0 Å². The summed E-state index contributed by atoms with van der Waals surface area (Å²) in [5.74, 6) is 0.417. The molecule has 2 unspecified atom stereocenters. The van der Waals surface area contributed by atoms with E-state index in [-0.39, 0.29) is 29.1 Å². The first-order chi connectivity index (χ1) is 14.6. The summed E-state index contributed by atoms with van der Waals surface area (Å²) in [5, 5.41) is 18.8. The number of rotatable bonds is 4. The first-order valence-electron chi connectivity index (χ1n) is 9.94. The number of nitriles is 1. The number of hydrogen-bond donors (Lipinski definition) is 2. The van der Waals surface area contributed by atoms with Crippen LogP contribution in [0.15, 0.2) is 40.5 Å². The van der Waals surface area contributed by atoms with E-state index in [1.807, 2.05) is 13.0 Å². The maximum atomic E-state index is 12.7. The molecule has 0 saturated carbocycles. The third-order valence-corrected chi connectivity index (χ3v) is 5.46. The minimum Gasteiger partial charge on any atom is -0.381 e. The van der Waals surface area contributed by atoms with Gasteiger partial charge in [0.2, 0.25) is 5.91 Å². The molecule has 1 amide bonds. The van der Waals surface area contributed by atoms with Gasteiger partial charge in [-0.05, 0) is 31.8 Å². The van der Waals surface area contributed by atoms with Crippen molar-refractivity contribution in [3.8, 4) is 11.8 Å². The van der Waals surface area contributed by atoms with E-state index < -0.39 is 0 Å². The minimum atomic E-state index is -0.386. The Morgan fingerprint density at radius 3 is 2.93 bits per heavy atom. The average Bonchev–Trinajstić information content (AvgIpc) is 3.39. The first-order valence-corrected chi connectivity index (χ1v) is 9.94. The number of aliphatic imine (C=N–C) groups is 1. The number of H-pyrrole nitrogens is 1. The number of ether oxygens (including phenoxy) is 1. The monoisotopic (exact) mass is 409 g/mol. The lowest BCUT2D eigenvalue weighted by Crippen LogP contribution is -2.40. The topological polar surface area (TPSA) is 130 Å². The van der Waals surface area contributed by atoms with Crippen molar-refractivity contribution in [1.29, 1.82) is 5.26 Å².